The van der Waals surface area contributed by atoms with E-state index in [0.717, 1.165) is 0 Å². The zero-order valence-electron chi connectivity index (χ0n) is 9.69. The van der Waals surface area contributed by atoms with E-state index in [2.05, 4.69) is 5.32 Å². The number of carbonyl (C=O) groups is 2. The van der Waals surface area contributed by atoms with Gasteiger partial charge in [-0.1, -0.05) is 0 Å². The quantitative estimate of drug-likeness (QED) is 0.772. The summed E-state index contributed by atoms with van der Waals surface area (Å²) in [5, 5.41) is 11.3. The van der Waals surface area contributed by atoms with Crippen LogP contribution < -0.4 is 10.7 Å². The zero-order chi connectivity index (χ0) is 13.0. The smallest absolute Gasteiger partial charge is 0.341 e. The van der Waals surface area contributed by atoms with Crippen molar-refractivity contribution in [2.45, 2.75) is 19.9 Å². The summed E-state index contributed by atoms with van der Waals surface area (Å²) >= 11 is 0. The number of carbonyl (C=O) groups excluding carboxylic acids is 1. The van der Waals surface area contributed by atoms with Crippen LogP contribution in [0.4, 0.5) is 0 Å². The van der Waals surface area contributed by atoms with E-state index in [1.54, 1.807) is 11.5 Å². The van der Waals surface area contributed by atoms with E-state index in [9.17, 15) is 14.4 Å². The molecule has 0 radical (unpaired) electrons. The molecule has 1 amide bonds. The minimum atomic E-state index is -1.26. The summed E-state index contributed by atoms with van der Waals surface area (Å²) < 4.78 is 1.58. The lowest BCUT2D eigenvalue weighted by Crippen LogP contribution is -2.22. The van der Waals surface area contributed by atoms with E-state index in [1.807, 2.05) is 0 Å². The molecule has 0 aliphatic rings. The van der Waals surface area contributed by atoms with E-state index in [-0.39, 0.29) is 17.9 Å². The van der Waals surface area contributed by atoms with Crippen molar-refractivity contribution in [3.8, 4) is 0 Å². The molecule has 0 bridgehead atoms. The fraction of sp³-hybridized carbons (Fsp3) is 0.364. The molecule has 0 spiro atoms. The molecule has 1 aromatic heterocycles. The van der Waals surface area contributed by atoms with Crippen molar-refractivity contribution in [1.29, 1.82) is 0 Å². The third-order valence-electron chi connectivity index (χ3n) is 2.43. The SMILES string of the molecule is CNC(=O)CCn1cc(C(=O)O)c(=O)cc1C. The molecule has 1 heterocycles. The van der Waals surface area contributed by atoms with Crippen molar-refractivity contribution in [3.63, 3.8) is 0 Å². The van der Waals surface area contributed by atoms with Gasteiger partial charge in [0.25, 0.3) is 0 Å². The highest BCUT2D eigenvalue weighted by Gasteiger charge is 2.11. The van der Waals surface area contributed by atoms with Crippen LogP contribution in [0.1, 0.15) is 22.5 Å². The molecule has 0 saturated carbocycles. The molecular weight excluding hydrogens is 224 g/mol. The number of pyridine rings is 1. The van der Waals surface area contributed by atoms with Crippen molar-refractivity contribution in [1.82, 2.24) is 9.88 Å². The van der Waals surface area contributed by atoms with Crippen molar-refractivity contribution in [3.05, 3.63) is 33.7 Å². The molecule has 0 saturated heterocycles. The predicted molar refractivity (Wildman–Crippen MR) is 61.1 cm³/mol. The number of carboxylic acids is 1. The first-order valence-electron chi connectivity index (χ1n) is 5.10. The van der Waals surface area contributed by atoms with Gasteiger partial charge in [-0.3, -0.25) is 9.59 Å². The Kier molecular flexibility index (Phi) is 4.03. The molecule has 0 aliphatic heterocycles. The maximum Gasteiger partial charge on any atom is 0.341 e. The molecule has 0 atom stereocenters. The Hall–Kier alpha value is -2.11. The maximum absolute atomic E-state index is 11.4. The van der Waals surface area contributed by atoms with Crippen LogP contribution in [-0.4, -0.2) is 28.6 Å². The minimum Gasteiger partial charge on any atom is -0.477 e. The van der Waals surface area contributed by atoms with Gasteiger partial charge in [0, 0.05) is 38.0 Å². The highest BCUT2D eigenvalue weighted by Crippen LogP contribution is 2.01. The van der Waals surface area contributed by atoms with Gasteiger partial charge >= 0.3 is 5.97 Å². The molecule has 0 aromatic carbocycles. The molecule has 0 aliphatic carbocycles. The average Bonchev–Trinajstić information content (AvgIpc) is 2.26. The van der Waals surface area contributed by atoms with Gasteiger partial charge in [0.15, 0.2) is 5.43 Å². The van der Waals surface area contributed by atoms with E-state index in [4.69, 9.17) is 5.11 Å². The van der Waals surface area contributed by atoms with Crippen molar-refractivity contribution in [2.24, 2.45) is 0 Å². The number of aromatic nitrogens is 1. The van der Waals surface area contributed by atoms with Crippen LogP contribution in [0.3, 0.4) is 0 Å². The first-order chi connectivity index (χ1) is 7.95. The Morgan fingerprint density at radius 1 is 1.47 bits per heavy atom. The Morgan fingerprint density at radius 3 is 2.65 bits per heavy atom. The van der Waals surface area contributed by atoms with Crippen molar-refractivity contribution < 1.29 is 14.7 Å². The summed E-state index contributed by atoms with van der Waals surface area (Å²) in [7, 11) is 1.53. The number of hydrogen-bond donors (Lipinski definition) is 2. The van der Waals surface area contributed by atoms with Crippen LogP contribution in [0.25, 0.3) is 0 Å². The summed E-state index contributed by atoms with van der Waals surface area (Å²) in [6.07, 6.45) is 1.50. The number of nitrogens with one attached hydrogen (secondary N) is 1. The average molecular weight is 238 g/mol. The highest BCUT2D eigenvalue weighted by molar-refractivity contribution is 5.87. The largest absolute Gasteiger partial charge is 0.477 e. The number of rotatable bonds is 4. The Bertz CT molecular complexity index is 505. The van der Waals surface area contributed by atoms with Gasteiger partial charge < -0.3 is 15.0 Å². The number of amides is 1. The molecule has 17 heavy (non-hydrogen) atoms. The molecule has 6 nitrogen and oxygen atoms in total. The summed E-state index contributed by atoms with van der Waals surface area (Å²) in [5.74, 6) is -1.40. The van der Waals surface area contributed by atoms with E-state index in [0.29, 0.717) is 12.2 Å². The third-order valence-corrected chi connectivity index (χ3v) is 2.43. The fourth-order valence-electron chi connectivity index (χ4n) is 1.42. The number of nitrogens with zero attached hydrogens (tertiary/aromatic N) is 1. The molecule has 1 rings (SSSR count). The van der Waals surface area contributed by atoms with Crippen LogP contribution >= 0.6 is 0 Å². The fourth-order valence-corrected chi connectivity index (χ4v) is 1.42. The molecule has 0 unspecified atom stereocenters. The number of carboxylic acid groups (broad SMARTS) is 1. The summed E-state index contributed by atoms with van der Waals surface area (Å²) in [5.41, 5.74) is -0.178. The van der Waals surface area contributed by atoms with Gasteiger partial charge in [-0.05, 0) is 6.92 Å². The van der Waals surface area contributed by atoms with Gasteiger partial charge in [-0.25, -0.2) is 4.79 Å². The first-order valence-corrected chi connectivity index (χ1v) is 5.10. The number of aromatic carboxylic acids is 1. The van der Waals surface area contributed by atoms with Gasteiger partial charge in [-0.2, -0.15) is 0 Å². The normalized spacial score (nSPS) is 10.0. The lowest BCUT2D eigenvalue weighted by Gasteiger charge is -2.10. The van der Waals surface area contributed by atoms with Crippen LogP contribution in [0, 0.1) is 6.92 Å². The second-order valence-corrected chi connectivity index (χ2v) is 3.61. The van der Waals surface area contributed by atoms with Gasteiger partial charge in [-0.15, -0.1) is 0 Å². The zero-order valence-corrected chi connectivity index (χ0v) is 9.69. The standard InChI is InChI=1S/C11H14N2O4/c1-7-5-9(14)8(11(16)17)6-13(7)4-3-10(15)12-2/h5-6H,3-4H2,1-2H3,(H,12,15)(H,16,17). The Balaban J connectivity index is 3.00. The van der Waals surface area contributed by atoms with Crippen LogP contribution in [0.15, 0.2) is 17.1 Å². The summed E-state index contributed by atoms with van der Waals surface area (Å²) in [6.45, 7) is 2.03. The predicted octanol–water partition coefficient (Wildman–Crippen LogP) is -0.00898. The Labute approximate surface area is 97.9 Å². The molecular formula is C11H14N2O4. The molecule has 0 fully saturated rings. The molecule has 1 aromatic rings. The van der Waals surface area contributed by atoms with Gasteiger partial charge in [0.05, 0.1) is 0 Å². The molecule has 92 valence electrons. The van der Waals surface area contributed by atoms with Crippen molar-refractivity contribution in [2.75, 3.05) is 7.05 Å². The molecule has 2 N–H and O–H groups in total. The second kappa shape index (κ2) is 5.29. The van der Waals surface area contributed by atoms with Gasteiger partial charge in [0.1, 0.15) is 5.56 Å². The maximum atomic E-state index is 11.4. The highest BCUT2D eigenvalue weighted by atomic mass is 16.4. The minimum absolute atomic E-state index is 0.139. The van der Waals surface area contributed by atoms with Gasteiger partial charge in [0.2, 0.25) is 5.91 Å². The van der Waals surface area contributed by atoms with Crippen LogP contribution in [-0.2, 0) is 11.3 Å². The van der Waals surface area contributed by atoms with Crippen molar-refractivity contribution >= 4 is 11.9 Å². The third kappa shape index (κ3) is 3.17. The van der Waals surface area contributed by atoms with E-state index in [1.165, 1.54) is 19.3 Å². The Morgan fingerprint density at radius 2 is 2.12 bits per heavy atom. The summed E-state index contributed by atoms with van der Waals surface area (Å²) in [4.78, 5) is 33.2. The lowest BCUT2D eigenvalue weighted by atomic mass is 10.2. The number of hydrogen-bond acceptors (Lipinski definition) is 3. The molecule has 6 heteroatoms. The first kappa shape index (κ1) is 13.0. The van der Waals surface area contributed by atoms with E-state index >= 15 is 0 Å². The lowest BCUT2D eigenvalue weighted by molar-refractivity contribution is -0.120. The van der Waals surface area contributed by atoms with Crippen LogP contribution in [0.2, 0.25) is 0 Å². The second-order valence-electron chi connectivity index (χ2n) is 3.61. The topological polar surface area (TPSA) is 88.4 Å². The monoisotopic (exact) mass is 238 g/mol. The number of aryl methyl sites for hydroxylation is 2. The van der Waals surface area contributed by atoms with E-state index < -0.39 is 11.4 Å². The summed E-state index contributed by atoms with van der Waals surface area (Å²) in [6, 6.07) is 1.26. The van der Waals surface area contributed by atoms with Crippen LogP contribution in [0.5, 0.6) is 0 Å².